The summed E-state index contributed by atoms with van der Waals surface area (Å²) in [6, 6.07) is 7.99. The van der Waals surface area contributed by atoms with Crippen molar-refractivity contribution in [3.05, 3.63) is 29.8 Å². The first-order valence-electron chi connectivity index (χ1n) is 8.96. The highest BCUT2D eigenvalue weighted by Crippen LogP contribution is 2.24. The van der Waals surface area contributed by atoms with Crippen molar-refractivity contribution in [3.8, 4) is 5.75 Å². The first-order valence-corrected chi connectivity index (χ1v) is 8.96. The molecule has 0 aliphatic carbocycles. The van der Waals surface area contributed by atoms with Gasteiger partial charge in [-0.05, 0) is 31.0 Å². The monoisotopic (exact) mass is 477 g/mol. The Morgan fingerprint density at radius 1 is 1.23 bits per heavy atom. The Morgan fingerprint density at radius 3 is 2.54 bits per heavy atom. The van der Waals surface area contributed by atoms with Crippen molar-refractivity contribution in [1.29, 1.82) is 0 Å². The summed E-state index contributed by atoms with van der Waals surface area (Å²) in [5.74, 6) is 1.69. The summed E-state index contributed by atoms with van der Waals surface area (Å²) in [5.41, 5.74) is 1.35. The van der Waals surface area contributed by atoms with E-state index >= 15 is 0 Å². The van der Waals surface area contributed by atoms with E-state index in [0.29, 0.717) is 6.54 Å². The van der Waals surface area contributed by atoms with Crippen LogP contribution in [0, 0.1) is 5.41 Å². The molecule has 0 saturated carbocycles. The number of nitrogens with zero attached hydrogens (tertiary/aromatic N) is 1. The van der Waals surface area contributed by atoms with Crippen LogP contribution in [0.1, 0.15) is 25.8 Å². The van der Waals surface area contributed by atoms with Crippen LogP contribution in [-0.4, -0.2) is 52.6 Å². The maximum atomic E-state index is 5.38. The highest BCUT2D eigenvalue weighted by molar-refractivity contribution is 14.0. The third kappa shape index (κ3) is 8.09. The Hall–Kier alpha value is -1.06. The van der Waals surface area contributed by atoms with Gasteiger partial charge in [0.05, 0.1) is 26.9 Å². The number of hydrogen-bond acceptors (Lipinski definition) is 4. The van der Waals surface area contributed by atoms with Gasteiger partial charge in [-0.15, -0.1) is 24.0 Å². The van der Waals surface area contributed by atoms with Gasteiger partial charge in [-0.2, -0.15) is 0 Å². The van der Waals surface area contributed by atoms with Gasteiger partial charge < -0.3 is 24.8 Å². The standard InChI is InChI=1S/C19H31N3O3.HI/c1-4-24-11-5-10-20-18(22-13-19(2)14-25-15-19)21-12-16-6-8-17(23-3)9-7-16;/h6-9H,4-5,10-15H2,1-3H3,(H2,20,21,22);1H. The van der Waals surface area contributed by atoms with Gasteiger partial charge in [0.15, 0.2) is 5.96 Å². The maximum Gasteiger partial charge on any atom is 0.191 e. The second-order valence-electron chi connectivity index (χ2n) is 6.65. The molecule has 2 rings (SSSR count). The van der Waals surface area contributed by atoms with E-state index in [1.54, 1.807) is 7.11 Å². The predicted octanol–water partition coefficient (Wildman–Crippen LogP) is 2.81. The van der Waals surface area contributed by atoms with Crippen LogP contribution in [0.4, 0.5) is 0 Å². The van der Waals surface area contributed by atoms with E-state index in [9.17, 15) is 0 Å². The number of hydrogen-bond donors (Lipinski definition) is 2. The lowest BCUT2D eigenvalue weighted by Gasteiger charge is -2.38. The van der Waals surface area contributed by atoms with Crippen LogP contribution < -0.4 is 15.4 Å². The number of halogens is 1. The number of aliphatic imine (C=N–C) groups is 1. The number of guanidine groups is 1. The number of rotatable bonds is 10. The quantitative estimate of drug-likeness (QED) is 0.235. The lowest BCUT2D eigenvalue weighted by molar-refractivity contribution is -0.0971. The van der Waals surface area contributed by atoms with Gasteiger partial charge in [-0.25, -0.2) is 4.99 Å². The molecule has 1 aromatic rings. The fraction of sp³-hybridized carbons (Fsp3) is 0.632. The molecule has 0 unspecified atom stereocenters. The third-order valence-corrected chi connectivity index (χ3v) is 4.12. The van der Waals surface area contributed by atoms with Gasteiger partial charge >= 0.3 is 0 Å². The van der Waals surface area contributed by atoms with Crippen LogP contribution in [0.5, 0.6) is 5.75 Å². The zero-order valence-corrected chi connectivity index (χ0v) is 18.4. The Kier molecular flexibility index (Phi) is 10.9. The molecule has 0 radical (unpaired) electrons. The predicted molar refractivity (Wildman–Crippen MR) is 116 cm³/mol. The number of methoxy groups -OCH3 is 1. The molecule has 1 heterocycles. The number of benzene rings is 1. The summed E-state index contributed by atoms with van der Waals surface area (Å²) in [6.07, 6.45) is 0.956. The third-order valence-electron chi connectivity index (χ3n) is 4.12. The number of nitrogens with one attached hydrogen (secondary N) is 2. The molecular weight excluding hydrogens is 445 g/mol. The molecule has 2 N–H and O–H groups in total. The van der Waals surface area contributed by atoms with Crippen molar-refractivity contribution in [1.82, 2.24) is 10.6 Å². The molecule has 1 saturated heterocycles. The summed E-state index contributed by atoms with van der Waals surface area (Å²) in [6.45, 7) is 9.67. The first kappa shape index (κ1) is 23.0. The summed E-state index contributed by atoms with van der Waals surface area (Å²) in [7, 11) is 1.67. The average molecular weight is 477 g/mol. The van der Waals surface area contributed by atoms with Gasteiger partial charge in [-0.3, -0.25) is 0 Å². The molecule has 7 heteroatoms. The van der Waals surface area contributed by atoms with E-state index in [1.165, 1.54) is 0 Å². The summed E-state index contributed by atoms with van der Waals surface area (Å²) < 4.78 is 15.9. The lowest BCUT2D eigenvalue weighted by Crippen LogP contribution is -2.51. The van der Waals surface area contributed by atoms with Crippen LogP contribution in [0.15, 0.2) is 29.3 Å². The van der Waals surface area contributed by atoms with Crippen LogP contribution in [0.3, 0.4) is 0 Å². The maximum absolute atomic E-state index is 5.38. The van der Waals surface area contributed by atoms with Gasteiger partial charge in [0.25, 0.3) is 0 Å². The molecule has 0 spiro atoms. The minimum Gasteiger partial charge on any atom is -0.497 e. The van der Waals surface area contributed by atoms with Crippen molar-refractivity contribution >= 4 is 29.9 Å². The number of ether oxygens (including phenoxy) is 3. The molecule has 0 bridgehead atoms. The van der Waals surface area contributed by atoms with Crippen LogP contribution >= 0.6 is 24.0 Å². The van der Waals surface area contributed by atoms with Gasteiger partial charge in [0.1, 0.15) is 5.75 Å². The highest BCUT2D eigenvalue weighted by atomic mass is 127. The van der Waals surface area contributed by atoms with E-state index in [4.69, 9.17) is 19.2 Å². The lowest BCUT2D eigenvalue weighted by atomic mass is 9.89. The van der Waals surface area contributed by atoms with Gasteiger partial charge in [-0.1, -0.05) is 19.1 Å². The average Bonchev–Trinajstić information content (AvgIpc) is 2.62. The Bertz CT molecular complexity index is 533. The summed E-state index contributed by atoms with van der Waals surface area (Å²) in [5, 5.41) is 6.82. The molecule has 1 fully saturated rings. The minimum absolute atomic E-state index is 0. The van der Waals surface area contributed by atoms with E-state index < -0.39 is 0 Å². The molecule has 1 aliphatic rings. The van der Waals surface area contributed by atoms with Gasteiger partial charge in [0, 0.05) is 31.7 Å². The zero-order chi connectivity index (χ0) is 18.0. The Labute approximate surface area is 174 Å². The van der Waals surface area contributed by atoms with Crippen LogP contribution in [0.25, 0.3) is 0 Å². The molecule has 26 heavy (non-hydrogen) atoms. The van der Waals surface area contributed by atoms with E-state index in [1.807, 2.05) is 31.2 Å². The zero-order valence-electron chi connectivity index (χ0n) is 16.0. The van der Waals surface area contributed by atoms with Crippen molar-refractivity contribution < 1.29 is 14.2 Å². The molecule has 0 amide bonds. The largest absolute Gasteiger partial charge is 0.497 e. The molecule has 1 aromatic carbocycles. The molecule has 148 valence electrons. The SMILES string of the molecule is CCOCCCNC(=NCc1ccc(OC)cc1)NCC1(C)COC1.I. The van der Waals surface area contributed by atoms with Crippen LogP contribution in [0.2, 0.25) is 0 Å². The molecule has 0 atom stereocenters. The Balaban J connectivity index is 0.00000338. The molecule has 0 aromatic heterocycles. The Morgan fingerprint density at radius 2 is 1.96 bits per heavy atom. The normalized spacial score (nSPS) is 15.6. The van der Waals surface area contributed by atoms with Gasteiger partial charge in [0.2, 0.25) is 0 Å². The molecular formula is C19H32IN3O3. The van der Waals surface area contributed by atoms with Crippen molar-refractivity contribution in [2.75, 3.05) is 46.6 Å². The van der Waals surface area contributed by atoms with Crippen LogP contribution in [-0.2, 0) is 16.0 Å². The minimum atomic E-state index is 0. The summed E-state index contributed by atoms with van der Waals surface area (Å²) in [4.78, 5) is 4.70. The smallest absolute Gasteiger partial charge is 0.191 e. The first-order chi connectivity index (χ1) is 12.1. The summed E-state index contributed by atoms with van der Waals surface area (Å²) >= 11 is 0. The van der Waals surface area contributed by atoms with Crippen molar-refractivity contribution in [2.45, 2.75) is 26.8 Å². The highest BCUT2D eigenvalue weighted by Gasteiger charge is 2.33. The van der Waals surface area contributed by atoms with E-state index in [2.05, 4.69) is 17.6 Å². The second-order valence-corrected chi connectivity index (χ2v) is 6.65. The fourth-order valence-corrected chi connectivity index (χ4v) is 2.45. The van der Waals surface area contributed by atoms with Crippen molar-refractivity contribution in [2.24, 2.45) is 10.4 Å². The molecule has 6 nitrogen and oxygen atoms in total. The topological polar surface area (TPSA) is 64.1 Å². The second kappa shape index (κ2) is 12.3. The van der Waals surface area contributed by atoms with E-state index in [0.717, 1.165) is 63.2 Å². The van der Waals surface area contributed by atoms with Crippen molar-refractivity contribution in [3.63, 3.8) is 0 Å². The van der Waals surface area contributed by atoms with E-state index in [-0.39, 0.29) is 29.4 Å². The molecule has 1 aliphatic heterocycles. The fourth-order valence-electron chi connectivity index (χ4n) is 2.45.